The first kappa shape index (κ1) is 13.4. The van der Waals surface area contributed by atoms with Gasteiger partial charge in [0.1, 0.15) is 0 Å². The SMILES string of the molecule is CCC1CN(C(=O)C2CC3CCC2C3)C(CC)CN1. The second-order valence-electron chi connectivity index (χ2n) is 6.85. The van der Waals surface area contributed by atoms with E-state index < -0.39 is 0 Å². The maximum atomic E-state index is 12.9. The fraction of sp³-hybridized carbons (Fsp3) is 0.938. The minimum absolute atomic E-state index is 0.364. The first-order chi connectivity index (χ1) is 9.22. The van der Waals surface area contributed by atoms with Crippen LogP contribution in [0.2, 0.25) is 0 Å². The lowest BCUT2D eigenvalue weighted by Crippen LogP contribution is -2.59. The molecule has 3 rings (SSSR count). The molecule has 3 nitrogen and oxygen atoms in total. The predicted molar refractivity (Wildman–Crippen MR) is 76.8 cm³/mol. The van der Waals surface area contributed by atoms with Crippen molar-refractivity contribution in [2.75, 3.05) is 13.1 Å². The lowest BCUT2D eigenvalue weighted by Gasteiger charge is -2.42. The van der Waals surface area contributed by atoms with E-state index in [9.17, 15) is 4.79 Å². The number of carbonyl (C=O) groups excluding carboxylic acids is 1. The van der Waals surface area contributed by atoms with Gasteiger partial charge >= 0.3 is 0 Å². The third-order valence-electron chi connectivity index (χ3n) is 5.80. The van der Waals surface area contributed by atoms with E-state index in [1.807, 2.05) is 0 Å². The van der Waals surface area contributed by atoms with Gasteiger partial charge < -0.3 is 10.2 Å². The molecule has 1 N–H and O–H groups in total. The number of rotatable bonds is 3. The zero-order valence-electron chi connectivity index (χ0n) is 12.4. The van der Waals surface area contributed by atoms with Gasteiger partial charge in [0.15, 0.2) is 0 Å². The molecular formula is C16H28N2O. The molecule has 0 aromatic heterocycles. The molecule has 2 aliphatic carbocycles. The van der Waals surface area contributed by atoms with Gasteiger partial charge in [-0.1, -0.05) is 20.3 Å². The van der Waals surface area contributed by atoms with E-state index in [1.54, 1.807) is 0 Å². The Morgan fingerprint density at radius 1 is 1.21 bits per heavy atom. The van der Waals surface area contributed by atoms with E-state index in [2.05, 4.69) is 24.1 Å². The zero-order valence-corrected chi connectivity index (χ0v) is 12.4. The van der Waals surface area contributed by atoms with Crippen molar-refractivity contribution in [2.24, 2.45) is 17.8 Å². The Kier molecular flexibility index (Phi) is 3.84. The monoisotopic (exact) mass is 264 g/mol. The Morgan fingerprint density at radius 3 is 2.63 bits per heavy atom. The van der Waals surface area contributed by atoms with E-state index in [4.69, 9.17) is 0 Å². The van der Waals surface area contributed by atoms with Gasteiger partial charge in [-0.05, 0) is 43.9 Å². The van der Waals surface area contributed by atoms with Crippen molar-refractivity contribution in [3.8, 4) is 0 Å². The Balaban J connectivity index is 1.69. The summed E-state index contributed by atoms with van der Waals surface area (Å²) < 4.78 is 0. The molecule has 1 saturated heterocycles. The molecule has 2 saturated carbocycles. The molecule has 1 aliphatic heterocycles. The molecule has 0 spiro atoms. The Morgan fingerprint density at radius 2 is 2.05 bits per heavy atom. The molecule has 0 aromatic carbocycles. The van der Waals surface area contributed by atoms with Crippen LogP contribution in [0.15, 0.2) is 0 Å². The molecule has 1 amide bonds. The summed E-state index contributed by atoms with van der Waals surface area (Å²) in [5.74, 6) is 2.43. The summed E-state index contributed by atoms with van der Waals surface area (Å²) in [5, 5.41) is 3.59. The number of nitrogens with one attached hydrogen (secondary N) is 1. The van der Waals surface area contributed by atoms with Gasteiger partial charge in [0, 0.05) is 31.1 Å². The molecule has 108 valence electrons. The number of fused-ring (bicyclic) bond motifs is 2. The average molecular weight is 264 g/mol. The maximum absolute atomic E-state index is 12.9. The quantitative estimate of drug-likeness (QED) is 0.849. The van der Waals surface area contributed by atoms with E-state index in [-0.39, 0.29) is 0 Å². The van der Waals surface area contributed by atoms with Gasteiger partial charge in [0.25, 0.3) is 0 Å². The number of carbonyl (C=O) groups is 1. The van der Waals surface area contributed by atoms with Crippen LogP contribution in [0.1, 0.15) is 52.4 Å². The van der Waals surface area contributed by atoms with Gasteiger partial charge in [0.2, 0.25) is 5.91 Å². The molecular weight excluding hydrogens is 236 g/mol. The molecule has 5 atom stereocenters. The summed E-state index contributed by atoms with van der Waals surface area (Å²) in [5.41, 5.74) is 0. The van der Waals surface area contributed by atoms with Crippen molar-refractivity contribution in [3.05, 3.63) is 0 Å². The van der Waals surface area contributed by atoms with Crippen LogP contribution in [0.4, 0.5) is 0 Å². The lowest BCUT2D eigenvalue weighted by molar-refractivity contribution is -0.141. The molecule has 0 radical (unpaired) electrons. The van der Waals surface area contributed by atoms with Crippen molar-refractivity contribution in [1.29, 1.82) is 0 Å². The van der Waals surface area contributed by atoms with Crippen LogP contribution in [-0.4, -0.2) is 36.0 Å². The normalized spacial score (nSPS) is 41.8. The van der Waals surface area contributed by atoms with Crippen molar-refractivity contribution < 1.29 is 4.79 Å². The second kappa shape index (κ2) is 5.43. The molecule has 3 heteroatoms. The summed E-state index contributed by atoms with van der Waals surface area (Å²) in [6.07, 6.45) is 7.40. The molecule has 0 aromatic rings. The molecule has 3 fully saturated rings. The number of amides is 1. The first-order valence-corrected chi connectivity index (χ1v) is 8.26. The number of hydrogen-bond acceptors (Lipinski definition) is 2. The van der Waals surface area contributed by atoms with Crippen LogP contribution in [0.5, 0.6) is 0 Å². The highest BCUT2D eigenvalue weighted by molar-refractivity contribution is 5.80. The first-order valence-electron chi connectivity index (χ1n) is 8.26. The van der Waals surface area contributed by atoms with Gasteiger partial charge in [0.05, 0.1) is 0 Å². The van der Waals surface area contributed by atoms with Gasteiger partial charge in [-0.3, -0.25) is 4.79 Å². The van der Waals surface area contributed by atoms with E-state index in [0.29, 0.717) is 29.8 Å². The van der Waals surface area contributed by atoms with Crippen LogP contribution in [0.3, 0.4) is 0 Å². The number of hydrogen-bond donors (Lipinski definition) is 1. The molecule has 2 bridgehead atoms. The highest BCUT2D eigenvalue weighted by atomic mass is 16.2. The second-order valence-corrected chi connectivity index (χ2v) is 6.85. The van der Waals surface area contributed by atoms with Gasteiger partial charge in [-0.2, -0.15) is 0 Å². The highest BCUT2D eigenvalue weighted by Crippen LogP contribution is 2.49. The van der Waals surface area contributed by atoms with E-state index in [0.717, 1.165) is 31.8 Å². The smallest absolute Gasteiger partial charge is 0.226 e. The third kappa shape index (κ3) is 2.42. The van der Waals surface area contributed by atoms with Gasteiger partial charge in [-0.15, -0.1) is 0 Å². The number of nitrogens with zero attached hydrogens (tertiary/aromatic N) is 1. The molecule has 19 heavy (non-hydrogen) atoms. The predicted octanol–water partition coefficient (Wildman–Crippen LogP) is 2.41. The van der Waals surface area contributed by atoms with E-state index >= 15 is 0 Å². The summed E-state index contributed by atoms with van der Waals surface area (Å²) >= 11 is 0. The largest absolute Gasteiger partial charge is 0.337 e. The third-order valence-corrected chi connectivity index (χ3v) is 5.80. The van der Waals surface area contributed by atoms with Crippen molar-refractivity contribution in [1.82, 2.24) is 10.2 Å². The van der Waals surface area contributed by atoms with Crippen molar-refractivity contribution >= 4 is 5.91 Å². The molecule has 1 heterocycles. The molecule has 3 aliphatic rings. The fourth-order valence-corrected chi connectivity index (χ4v) is 4.53. The Labute approximate surface area is 117 Å². The summed E-state index contributed by atoms with van der Waals surface area (Å²) in [4.78, 5) is 15.2. The summed E-state index contributed by atoms with van der Waals surface area (Å²) in [7, 11) is 0. The Hall–Kier alpha value is -0.570. The van der Waals surface area contributed by atoms with E-state index in [1.165, 1.54) is 25.7 Å². The Bertz CT molecular complexity index is 344. The minimum Gasteiger partial charge on any atom is -0.337 e. The van der Waals surface area contributed by atoms with Crippen LogP contribution >= 0.6 is 0 Å². The number of piperazine rings is 1. The van der Waals surface area contributed by atoms with Crippen LogP contribution in [0, 0.1) is 17.8 Å². The topological polar surface area (TPSA) is 32.3 Å². The average Bonchev–Trinajstić information content (AvgIpc) is 3.08. The van der Waals surface area contributed by atoms with Crippen molar-refractivity contribution in [3.63, 3.8) is 0 Å². The summed E-state index contributed by atoms with van der Waals surface area (Å²) in [6.45, 7) is 6.34. The molecule has 5 unspecified atom stereocenters. The zero-order chi connectivity index (χ0) is 13.4. The van der Waals surface area contributed by atoms with Crippen LogP contribution in [-0.2, 0) is 4.79 Å². The minimum atomic E-state index is 0.364. The summed E-state index contributed by atoms with van der Waals surface area (Å²) in [6, 6.07) is 0.930. The lowest BCUT2D eigenvalue weighted by atomic mass is 9.87. The highest BCUT2D eigenvalue weighted by Gasteiger charge is 2.45. The van der Waals surface area contributed by atoms with Gasteiger partial charge in [-0.25, -0.2) is 0 Å². The van der Waals surface area contributed by atoms with Crippen molar-refractivity contribution in [2.45, 2.75) is 64.5 Å². The maximum Gasteiger partial charge on any atom is 0.226 e. The van der Waals surface area contributed by atoms with Crippen LogP contribution in [0.25, 0.3) is 0 Å². The standard InChI is InChI=1S/C16H28N2O/c1-3-13-10-18(14(4-2)9-17-13)16(19)15-8-11-5-6-12(15)7-11/h11-15,17H,3-10H2,1-2H3. The van der Waals surface area contributed by atoms with Crippen LogP contribution < -0.4 is 5.32 Å². The fourth-order valence-electron chi connectivity index (χ4n) is 4.53.